The van der Waals surface area contributed by atoms with Gasteiger partial charge in [0.2, 0.25) is 0 Å². The maximum atomic E-state index is 6.40. The maximum absolute atomic E-state index is 6.40. The third-order valence-corrected chi connectivity index (χ3v) is 4.14. The zero-order chi connectivity index (χ0) is 14.5. The first-order valence-corrected chi connectivity index (χ1v) is 8.16. The Morgan fingerprint density at radius 2 is 2.05 bits per heavy atom. The van der Waals surface area contributed by atoms with Gasteiger partial charge in [0.05, 0.1) is 22.9 Å². The molecule has 0 fully saturated rings. The van der Waals surface area contributed by atoms with Crippen LogP contribution in [0.25, 0.3) is 0 Å². The Bertz CT molecular complexity index is 586. The summed E-state index contributed by atoms with van der Waals surface area (Å²) in [5, 5.41) is 1.61. The molecule has 2 aromatic rings. The quantitative estimate of drug-likeness (QED) is 0.706. The average Bonchev–Trinajstić information content (AvgIpc) is 2.45. The number of aryl methyl sites for hydroxylation is 1. The number of pyridine rings is 1. The molecular formula is C16H18BrClN2. The van der Waals surface area contributed by atoms with Gasteiger partial charge in [-0.15, -0.1) is 0 Å². The van der Waals surface area contributed by atoms with Crippen LogP contribution in [0.1, 0.15) is 23.9 Å². The van der Waals surface area contributed by atoms with Crippen molar-refractivity contribution in [1.29, 1.82) is 0 Å². The largest absolute Gasteiger partial charge is 0.365 e. The molecule has 4 heteroatoms. The molecule has 2 rings (SSSR count). The average molecular weight is 354 g/mol. The second-order valence-corrected chi connectivity index (χ2v) is 5.67. The summed E-state index contributed by atoms with van der Waals surface area (Å²) >= 11 is 9.85. The Morgan fingerprint density at radius 3 is 2.65 bits per heavy atom. The number of benzene rings is 1. The molecule has 20 heavy (non-hydrogen) atoms. The number of nitrogens with zero attached hydrogens (tertiary/aromatic N) is 2. The topological polar surface area (TPSA) is 16.1 Å². The molecule has 0 spiro atoms. The van der Waals surface area contributed by atoms with Crippen molar-refractivity contribution in [2.45, 2.75) is 25.7 Å². The van der Waals surface area contributed by atoms with E-state index in [0.29, 0.717) is 0 Å². The number of aromatic nitrogens is 1. The van der Waals surface area contributed by atoms with Gasteiger partial charge in [0, 0.05) is 17.6 Å². The Balaban J connectivity index is 2.24. The van der Waals surface area contributed by atoms with Crippen molar-refractivity contribution in [2.75, 3.05) is 11.4 Å². The summed E-state index contributed by atoms with van der Waals surface area (Å²) in [6.45, 7) is 5.80. The van der Waals surface area contributed by atoms with Crippen LogP contribution in [-0.2, 0) is 11.9 Å². The van der Waals surface area contributed by atoms with Gasteiger partial charge in [-0.25, -0.2) is 0 Å². The summed E-state index contributed by atoms with van der Waals surface area (Å²) in [6.07, 6.45) is 0. The molecule has 1 aromatic heterocycles. The van der Waals surface area contributed by atoms with Crippen molar-refractivity contribution in [3.63, 3.8) is 0 Å². The van der Waals surface area contributed by atoms with Crippen LogP contribution in [-0.4, -0.2) is 11.5 Å². The predicted molar refractivity (Wildman–Crippen MR) is 89.8 cm³/mol. The third kappa shape index (κ3) is 3.74. The second kappa shape index (κ2) is 7.09. The number of anilines is 1. The van der Waals surface area contributed by atoms with E-state index in [1.165, 1.54) is 5.56 Å². The molecule has 0 N–H and O–H groups in total. The van der Waals surface area contributed by atoms with Crippen molar-refractivity contribution in [3.05, 3.63) is 58.4 Å². The Labute approximate surface area is 133 Å². The fourth-order valence-corrected chi connectivity index (χ4v) is 2.81. The zero-order valence-electron chi connectivity index (χ0n) is 11.7. The van der Waals surface area contributed by atoms with E-state index in [1.54, 1.807) is 0 Å². The van der Waals surface area contributed by atoms with Gasteiger partial charge >= 0.3 is 0 Å². The van der Waals surface area contributed by atoms with Gasteiger partial charge in [-0.05, 0) is 43.7 Å². The van der Waals surface area contributed by atoms with Crippen LogP contribution in [0.3, 0.4) is 0 Å². The molecule has 0 aliphatic carbocycles. The van der Waals surface area contributed by atoms with E-state index in [9.17, 15) is 0 Å². The van der Waals surface area contributed by atoms with Crippen LogP contribution in [0.2, 0.25) is 5.02 Å². The summed E-state index contributed by atoms with van der Waals surface area (Å²) in [5.41, 5.74) is 4.34. The van der Waals surface area contributed by atoms with Crippen LogP contribution in [0.15, 0.2) is 36.4 Å². The summed E-state index contributed by atoms with van der Waals surface area (Å²) in [4.78, 5) is 6.80. The standard InChI is InChI=1S/C16H18BrClN2/c1-3-20(11-14-6-4-5-12(2)19-14)16-8-7-13(10-17)9-15(16)18/h4-9H,3,10-11H2,1-2H3. The Kier molecular flexibility index (Phi) is 5.44. The molecule has 0 unspecified atom stereocenters. The van der Waals surface area contributed by atoms with Crippen LogP contribution >= 0.6 is 27.5 Å². The van der Waals surface area contributed by atoms with Crippen LogP contribution in [0.4, 0.5) is 5.69 Å². The van der Waals surface area contributed by atoms with Crippen molar-refractivity contribution in [3.8, 4) is 0 Å². The zero-order valence-corrected chi connectivity index (χ0v) is 14.1. The minimum atomic E-state index is 0.769. The first kappa shape index (κ1) is 15.3. The SMILES string of the molecule is CCN(Cc1cccc(C)n1)c1ccc(CBr)cc1Cl. The number of halogens is 2. The van der Waals surface area contributed by atoms with Gasteiger partial charge < -0.3 is 4.90 Å². The molecule has 0 amide bonds. The summed E-state index contributed by atoms with van der Waals surface area (Å²) in [5.74, 6) is 0. The van der Waals surface area contributed by atoms with Crippen molar-refractivity contribution >= 4 is 33.2 Å². The minimum Gasteiger partial charge on any atom is -0.365 e. The molecule has 0 bridgehead atoms. The molecule has 0 atom stereocenters. The van der Waals surface area contributed by atoms with E-state index in [2.05, 4.69) is 50.9 Å². The summed E-state index contributed by atoms with van der Waals surface area (Å²) < 4.78 is 0. The molecule has 2 nitrogen and oxygen atoms in total. The van der Waals surface area contributed by atoms with Crippen molar-refractivity contribution in [1.82, 2.24) is 4.98 Å². The minimum absolute atomic E-state index is 0.769. The van der Waals surface area contributed by atoms with Gasteiger partial charge in [0.15, 0.2) is 0 Å². The van der Waals surface area contributed by atoms with Gasteiger partial charge in [0.1, 0.15) is 0 Å². The monoisotopic (exact) mass is 352 g/mol. The Morgan fingerprint density at radius 1 is 1.25 bits per heavy atom. The van der Waals surface area contributed by atoms with E-state index < -0.39 is 0 Å². The maximum Gasteiger partial charge on any atom is 0.0642 e. The lowest BCUT2D eigenvalue weighted by Gasteiger charge is -2.24. The molecule has 0 aliphatic rings. The van der Waals surface area contributed by atoms with E-state index >= 15 is 0 Å². The number of rotatable bonds is 5. The molecule has 0 saturated carbocycles. The lowest BCUT2D eigenvalue weighted by Crippen LogP contribution is -2.23. The molecular weight excluding hydrogens is 336 g/mol. The lowest BCUT2D eigenvalue weighted by atomic mass is 10.2. The predicted octanol–water partition coefficient (Wildman–Crippen LogP) is 4.96. The molecule has 0 saturated heterocycles. The molecule has 0 radical (unpaired) electrons. The first-order valence-electron chi connectivity index (χ1n) is 6.66. The molecule has 1 aromatic carbocycles. The fourth-order valence-electron chi connectivity index (χ4n) is 2.14. The summed E-state index contributed by atoms with van der Waals surface area (Å²) in [6, 6.07) is 12.3. The number of alkyl halides is 1. The molecule has 1 heterocycles. The van der Waals surface area contributed by atoms with Crippen molar-refractivity contribution < 1.29 is 0 Å². The first-order chi connectivity index (χ1) is 9.63. The van der Waals surface area contributed by atoms with Gasteiger partial charge in [-0.2, -0.15) is 0 Å². The molecule has 0 aliphatic heterocycles. The normalized spacial score (nSPS) is 10.6. The highest BCUT2D eigenvalue weighted by atomic mass is 79.9. The van der Waals surface area contributed by atoms with Crippen LogP contribution < -0.4 is 4.90 Å². The highest BCUT2D eigenvalue weighted by Gasteiger charge is 2.10. The third-order valence-electron chi connectivity index (χ3n) is 3.19. The summed E-state index contributed by atoms with van der Waals surface area (Å²) in [7, 11) is 0. The van der Waals surface area contributed by atoms with E-state index in [-0.39, 0.29) is 0 Å². The second-order valence-electron chi connectivity index (χ2n) is 4.70. The highest BCUT2D eigenvalue weighted by molar-refractivity contribution is 9.08. The van der Waals surface area contributed by atoms with Gasteiger partial charge in [-0.3, -0.25) is 4.98 Å². The number of hydrogen-bond donors (Lipinski definition) is 0. The van der Waals surface area contributed by atoms with E-state index in [1.807, 2.05) is 25.1 Å². The Hall–Kier alpha value is -1.06. The van der Waals surface area contributed by atoms with Crippen LogP contribution in [0, 0.1) is 6.92 Å². The van der Waals surface area contributed by atoms with E-state index in [4.69, 9.17) is 11.6 Å². The lowest BCUT2D eigenvalue weighted by molar-refractivity contribution is 0.805. The smallest absolute Gasteiger partial charge is 0.0642 e. The molecule has 106 valence electrons. The van der Waals surface area contributed by atoms with Crippen molar-refractivity contribution in [2.24, 2.45) is 0 Å². The highest BCUT2D eigenvalue weighted by Crippen LogP contribution is 2.28. The number of hydrogen-bond acceptors (Lipinski definition) is 2. The van der Waals surface area contributed by atoms with Gasteiger partial charge in [0.25, 0.3) is 0 Å². The fraction of sp³-hybridized carbons (Fsp3) is 0.312. The van der Waals surface area contributed by atoms with E-state index in [0.717, 1.165) is 40.5 Å². The van der Waals surface area contributed by atoms with Gasteiger partial charge in [-0.1, -0.05) is 39.7 Å². The van der Waals surface area contributed by atoms with Crippen LogP contribution in [0.5, 0.6) is 0 Å².